The van der Waals surface area contributed by atoms with E-state index >= 15 is 0 Å². The smallest absolute Gasteiger partial charge is 0.236 e. The molecule has 2 aromatic carbocycles. The first-order valence-corrected chi connectivity index (χ1v) is 8.21. The van der Waals surface area contributed by atoms with Gasteiger partial charge in [0.2, 0.25) is 11.9 Å². The minimum absolute atomic E-state index is 0.0646. The molecule has 4 rings (SSSR count). The number of hydrogen-bond acceptors (Lipinski definition) is 4. The number of H-pyrrole nitrogens is 1. The molecule has 4 aromatic rings. The zero-order valence-electron chi connectivity index (χ0n) is 13.7. The second-order valence-corrected chi connectivity index (χ2v) is 6.14. The molecule has 0 spiro atoms. The zero-order valence-corrected chi connectivity index (χ0v) is 14.4. The number of phenols is 1. The van der Waals surface area contributed by atoms with Crippen LogP contribution in [0.25, 0.3) is 28.0 Å². The summed E-state index contributed by atoms with van der Waals surface area (Å²) >= 11 is 6.12. The number of phenolic OH excluding ortho intramolecular Hbond substituents is 1. The van der Waals surface area contributed by atoms with Gasteiger partial charge in [-0.3, -0.25) is 14.7 Å². The lowest BCUT2D eigenvalue weighted by molar-refractivity contribution is -0.114. The molecule has 0 aliphatic heterocycles. The Hall–Kier alpha value is -3.32. The Morgan fingerprint density at radius 1 is 1.19 bits per heavy atom. The Balaban J connectivity index is 2.03. The maximum Gasteiger partial charge on any atom is 0.236 e. The Morgan fingerprint density at radius 3 is 2.77 bits per heavy atom. The van der Waals surface area contributed by atoms with Crippen molar-refractivity contribution in [3.63, 3.8) is 0 Å². The van der Waals surface area contributed by atoms with Crippen LogP contribution in [0.15, 0.2) is 48.5 Å². The van der Waals surface area contributed by atoms with Crippen LogP contribution in [0, 0.1) is 0 Å². The summed E-state index contributed by atoms with van der Waals surface area (Å²) < 4.78 is 1.68. The average molecular weight is 368 g/mol. The van der Waals surface area contributed by atoms with Crippen molar-refractivity contribution < 1.29 is 9.90 Å². The van der Waals surface area contributed by atoms with Crippen molar-refractivity contribution in [3.8, 4) is 22.8 Å². The number of nitrogens with one attached hydrogen (secondary N) is 2. The topological polar surface area (TPSA) is 95.8 Å². The van der Waals surface area contributed by atoms with E-state index in [-0.39, 0.29) is 17.6 Å². The van der Waals surface area contributed by atoms with Crippen molar-refractivity contribution in [2.75, 3.05) is 5.32 Å². The van der Waals surface area contributed by atoms with Crippen molar-refractivity contribution in [1.82, 2.24) is 19.7 Å². The second-order valence-electron chi connectivity index (χ2n) is 5.74. The zero-order chi connectivity index (χ0) is 18.3. The van der Waals surface area contributed by atoms with Crippen molar-refractivity contribution in [2.24, 2.45) is 0 Å². The predicted octanol–water partition coefficient (Wildman–Crippen LogP) is 3.73. The number of para-hydroxylation sites is 1. The van der Waals surface area contributed by atoms with E-state index in [0.717, 1.165) is 16.6 Å². The van der Waals surface area contributed by atoms with Crippen LogP contribution in [0.1, 0.15) is 6.92 Å². The average Bonchev–Trinajstić information content (AvgIpc) is 3.17. The molecular weight excluding hydrogens is 354 g/mol. The molecule has 1 amide bonds. The molecule has 7 nitrogen and oxygen atoms in total. The van der Waals surface area contributed by atoms with Gasteiger partial charge in [0.05, 0.1) is 11.3 Å². The third-order valence-electron chi connectivity index (χ3n) is 3.94. The first-order chi connectivity index (χ1) is 12.5. The molecule has 0 unspecified atom stereocenters. The van der Waals surface area contributed by atoms with Crippen molar-refractivity contribution in [1.29, 1.82) is 0 Å². The van der Waals surface area contributed by atoms with E-state index in [9.17, 15) is 9.90 Å². The number of anilines is 1. The Labute approximate surface area is 153 Å². The number of hydrogen-bond donors (Lipinski definition) is 3. The lowest BCUT2D eigenvalue weighted by Crippen LogP contribution is -2.12. The second kappa shape index (κ2) is 6.20. The van der Waals surface area contributed by atoms with Crippen LogP contribution in [0.3, 0.4) is 0 Å². The number of aromatic nitrogens is 4. The summed E-state index contributed by atoms with van der Waals surface area (Å²) in [4.78, 5) is 14.7. The molecule has 0 atom stereocenters. The first-order valence-electron chi connectivity index (χ1n) is 7.83. The number of amides is 1. The summed E-state index contributed by atoms with van der Waals surface area (Å²) in [6.07, 6.45) is 0. The highest BCUT2D eigenvalue weighted by molar-refractivity contribution is 6.30. The highest BCUT2D eigenvalue weighted by Crippen LogP contribution is 2.34. The van der Waals surface area contributed by atoms with E-state index in [1.807, 2.05) is 18.2 Å². The Kier molecular flexibility index (Phi) is 3.85. The summed E-state index contributed by atoms with van der Waals surface area (Å²) in [5, 5.41) is 22.5. The van der Waals surface area contributed by atoms with Gasteiger partial charge in [-0.15, -0.1) is 10.2 Å². The number of fused-ring (bicyclic) bond motifs is 1. The van der Waals surface area contributed by atoms with Gasteiger partial charge in [-0.25, -0.2) is 0 Å². The van der Waals surface area contributed by atoms with Crippen LogP contribution in [0.4, 0.5) is 5.95 Å². The molecule has 0 saturated carbocycles. The van der Waals surface area contributed by atoms with Gasteiger partial charge in [0, 0.05) is 17.8 Å². The third-order valence-corrected chi connectivity index (χ3v) is 4.15. The van der Waals surface area contributed by atoms with Gasteiger partial charge >= 0.3 is 0 Å². The number of carbonyl (C=O) groups excluding carboxylic acids is 1. The van der Waals surface area contributed by atoms with Gasteiger partial charge < -0.3 is 10.1 Å². The molecular formula is C18H14ClN5O2. The predicted molar refractivity (Wildman–Crippen MR) is 99.6 cm³/mol. The molecule has 0 radical (unpaired) electrons. The molecule has 2 aromatic heterocycles. The lowest BCUT2D eigenvalue weighted by Gasteiger charge is -2.12. The fourth-order valence-electron chi connectivity index (χ4n) is 2.89. The number of halogens is 1. The van der Waals surface area contributed by atoms with Crippen molar-refractivity contribution in [3.05, 3.63) is 53.7 Å². The fourth-order valence-corrected chi connectivity index (χ4v) is 3.10. The van der Waals surface area contributed by atoms with Gasteiger partial charge in [0.1, 0.15) is 10.9 Å². The van der Waals surface area contributed by atoms with Gasteiger partial charge in [-0.05, 0) is 30.3 Å². The van der Waals surface area contributed by atoms with Crippen molar-refractivity contribution >= 4 is 34.4 Å². The number of carbonyl (C=O) groups is 1. The minimum Gasteiger partial charge on any atom is -0.507 e. The number of rotatable bonds is 3. The first kappa shape index (κ1) is 16.2. The standard InChI is InChI=1S/C18H14ClN5O2/c1-10(25)20-18-23-22-17(11-5-2-3-8-15(11)26)24(18)14-7-4-6-13-12(14)9-16(19)21-13/h2-9,21,26H,1H3,(H,20,23,25). The monoisotopic (exact) mass is 367 g/mol. The van der Waals surface area contributed by atoms with E-state index in [0.29, 0.717) is 16.5 Å². The number of benzene rings is 2. The van der Waals surface area contributed by atoms with Gasteiger partial charge in [0.15, 0.2) is 5.82 Å². The molecule has 8 heteroatoms. The highest BCUT2D eigenvalue weighted by atomic mass is 35.5. The number of aromatic amines is 1. The van der Waals surface area contributed by atoms with E-state index < -0.39 is 0 Å². The summed E-state index contributed by atoms with van der Waals surface area (Å²) in [5.41, 5.74) is 2.05. The number of aromatic hydroxyl groups is 1. The van der Waals surface area contributed by atoms with Crippen molar-refractivity contribution in [2.45, 2.75) is 6.92 Å². The Bertz CT molecular complexity index is 1130. The molecule has 0 bridgehead atoms. The van der Waals surface area contributed by atoms with Crippen LogP contribution in [-0.4, -0.2) is 30.8 Å². The van der Waals surface area contributed by atoms with E-state index in [1.54, 1.807) is 34.9 Å². The lowest BCUT2D eigenvalue weighted by atomic mass is 10.1. The maximum absolute atomic E-state index is 11.6. The molecule has 130 valence electrons. The molecule has 0 aliphatic rings. The normalized spacial score (nSPS) is 11.0. The van der Waals surface area contributed by atoms with Crippen LogP contribution >= 0.6 is 11.6 Å². The summed E-state index contributed by atoms with van der Waals surface area (Å²) in [7, 11) is 0. The largest absolute Gasteiger partial charge is 0.507 e. The summed E-state index contributed by atoms with van der Waals surface area (Å²) in [6, 6.07) is 14.2. The molecule has 0 saturated heterocycles. The molecule has 3 N–H and O–H groups in total. The van der Waals surface area contributed by atoms with E-state index in [2.05, 4.69) is 20.5 Å². The minimum atomic E-state index is -0.276. The molecule has 0 fully saturated rings. The quantitative estimate of drug-likeness (QED) is 0.514. The van der Waals surface area contributed by atoms with Gasteiger partial charge in [-0.1, -0.05) is 29.8 Å². The van der Waals surface area contributed by atoms with E-state index in [4.69, 9.17) is 11.6 Å². The molecule has 2 heterocycles. The van der Waals surface area contributed by atoms with Crippen LogP contribution in [0.2, 0.25) is 5.15 Å². The Morgan fingerprint density at radius 2 is 2.00 bits per heavy atom. The maximum atomic E-state index is 11.6. The van der Waals surface area contributed by atoms with Gasteiger partial charge in [0.25, 0.3) is 0 Å². The fraction of sp³-hybridized carbons (Fsp3) is 0.0556. The van der Waals surface area contributed by atoms with Gasteiger partial charge in [-0.2, -0.15) is 0 Å². The summed E-state index contributed by atoms with van der Waals surface area (Å²) in [5.74, 6) is 0.439. The number of nitrogens with zero attached hydrogens (tertiary/aromatic N) is 3. The third kappa shape index (κ3) is 2.68. The SMILES string of the molecule is CC(=O)Nc1nnc(-c2ccccc2O)n1-c1cccc2[nH]c(Cl)cc12. The van der Waals surface area contributed by atoms with Crippen LogP contribution in [-0.2, 0) is 4.79 Å². The highest BCUT2D eigenvalue weighted by Gasteiger charge is 2.20. The summed E-state index contributed by atoms with van der Waals surface area (Å²) in [6.45, 7) is 1.40. The van der Waals surface area contributed by atoms with Crippen LogP contribution < -0.4 is 5.32 Å². The van der Waals surface area contributed by atoms with Crippen LogP contribution in [0.5, 0.6) is 5.75 Å². The molecule has 0 aliphatic carbocycles. The van der Waals surface area contributed by atoms with E-state index in [1.165, 1.54) is 6.92 Å². The molecule has 26 heavy (non-hydrogen) atoms.